The molecule has 0 radical (unpaired) electrons. The molecule has 0 aromatic carbocycles. The van der Waals surface area contributed by atoms with E-state index in [4.69, 9.17) is 14.8 Å². The van der Waals surface area contributed by atoms with Crippen molar-refractivity contribution < 1.29 is 33.9 Å². The van der Waals surface area contributed by atoms with Crippen molar-refractivity contribution >= 4 is 0 Å². The number of hydrogen-bond acceptors (Lipinski definition) is 5. The van der Waals surface area contributed by atoms with Gasteiger partial charge in [-0.15, -0.1) is 0 Å². The van der Waals surface area contributed by atoms with Crippen LogP contribution in [0.5, 0.6) is 0 Å². The molecule has 5 nitrogen and oxygen atoms in total. The second-order valence-electron chi connectivity index (χ2n) is 6.81. The molecule has 0 rings (SSSR count). The first-order valence-corrected chi connectivity index (χ1v) is 11.3. The van der Waals surface area contributed by atoms with Crippen molar-refractivity contribution in [3.63, 3.8) is 0 Å². The SMILES string of the molecule is CCC(N)C(O)(CC)CC.CCC(N)C(O)(CC)CC.C[CH-]C.C[CH-]C.[O]=[Ti+2]. The van der Waals surface area contributed by atoms with E-state index in [0.29, 0.717) is 0 Å². The molecule has 0 heterocycles. The average Bonchev–Trinajstić information content (AvgIpc) is 2.74. The zero-order valence-corrected chi connectivity index (χ0v) is 22.1. The van der Waals surface area contributed by atoms with Gasteiger partial charge in [0.1, 0.15) is 0 Å². The Morgan fingerprint density at radius 3 is 0.857 bits per heavy atom. The van der Waals surface area contributed by atoms with Crippen LogP contribution in [0.2, 0.25) is 0 Å². The topological polar surface area (TPSA) is 110 Å². The fourth-order valence-corrected chi connectivity index (χ4v) is 2.31. The molecule has 0 aliphatic rings. The van der Waals surface area contributed by atoms with Gasteiger partial charge in [-0.3, -0.25) is 0 Å². The molecule has 0 aliphatic carbocycles. The summed E-state index contributed by atoms with van der Waals surface area (Å²) in [5.41, 5.74) is 10.2. The van der Waals surface area contributed by atoms with Crippen LogP contribution in [0.3, 0.4) is 0 Å². The van der Waals surface area contributed by atoms with E-state index in [1.165, 1.54) is 0 Å². The summed E-state index contributed by atoms with van der Waals surface area (Å²) in [5, 5.41) is 19.5. The van der Waals surface area contributed by atoms with Gasteiger partial charge in [-0.2, -0.15) is 27.7 Å². The standard InChI is InChI=1S/2C8H19NO.2C3H7.O.Ti/c2*1-4-7(9)8(10,5-2)6-3;2*1-3-2;;/h2*7,10H,4-6,9H2,1-3H3;2*3H,1-2H3;;/q;;2*-1;;+2. The molecule has 28 heavy (non-hydrogen) atoms. The summed E-state index contributed by atoms with van der Waals surface area (Å²) >= 11 is 0.750. The molecule has 0 bridgehead atoms. The zero-order valence-electron chi connectivity index (χ0n) is 20.5. The van der Waals surface area contributed by atoms with Gasteiger partial charge >= 0.3 is 23.7 Å². The molecule has 0 aliphatic heterocycles. The third-order valence-electron chi connectivity index (χ3n) is 4.71. The molecule has 2 unspecified atom stereocenters. The zero-order chi connectivity index (χ0) is 23.8. The fraction of sp³-hybridized carbons (Fsp3) is 0.909. The molecule has 172 valence electrons. The van der Waals surface area contributed by atoms with E-state index >= 15 is 0 Å². The van der Waals surface area contributed by atoms with Crippen LogP contribution < -0.4 is 11.5 Å². The third-order valence-corrected chi connectivity index (χ3v) is 4.71. The quantitative estimate of drug-likeness (QED) is 0.317. The van der Waals surface area contributed by atoms with Crippen molar-refractivity contribution in [1.29, 1.82) is 0 Å². The van der Waals surface area contributed by atoms with Gasteiger partial charge in [0.25, 0.3) is 0 Å². The van der Waals surface area contributed by atoms with Crippen molar-refractivity contribution in [2.45, 2.75) is 131 Å². The van der Waals surface area contributed by atoms with Gasteiger partial charge in [0, 0.05) is 12.1 Å². The molecule has 0 saturated carbocycles. The summed E-state index contributed by atoms with van der Waals surface area (Å²) in [6, 6.07) is -0.134. The summed E-state index contributed by atoms with van der Waals surface area (Å²) in [4.78, 5) is 0. The Balaban J connectivity index is -0.0000000919. The van der Waals surface area contributed by atoms with Crippen LogP contribution in [0.4, 0.5) is 0 Å². The summed E-state index contributed by atoms with van der Waals surface area (Å²) < 4.78 is 8.25. The molecule has 0 saturated heterocycles. The predicted molar refractivity (Wildman–Crippen MR) is 120 cm³/mol. The van der Waals surface area contributed by atoms with Crippen molar-refractivity contribution in [2.24, 2.45) is 11.5 Å². The first kappa shape index (κ1) is 38.9. The van der Waals surface area contributed by atoms with E-state index in [-0.39, 0.29) is 12.1 Å². The van der Waals surface area contributed by atoms with Crippen LogP contribution in [-0.4, -0.2) is 33.5 Å². The van der Waals surface area contributed by atoms with Gasteiger partial charge in [0.15, 0.2) is 0 Å². The molecule has 0 spiro atoms. The molecule has 0 aromatic rings. The Labute approximate surface area is 189 Å². The Kier molecular flexibility index (Phi) is 38.0. The van der Waals surface area contributed by atoms with Gasteiger partial charge in [0.2, 0.25) is 0 Å². The average molecular weight is 441 g/mol. The van der Waals surface area contributed by atoms with Crippen molar-refractivity contribution in [2.75, 3.05) is 0 Å². The number of nitrogens with two attached hydrogens (primary N) is 2. The molecule has 6 N–H and O–H groups in total. The second-order valence-corrected chi connectivity index (χ2v) is 6.81. The maximum atomic E-state index is 9.77. The first-order chi connectivity index (χ1) is 13.0. The van der Waals surface area contributed by atoms with E-state index in [1.54, 1.807) is 0 Å². The van der Waals surface area contributed by atoms with E-state index in [1.807, 2.05) is 82.1 Å². The van der Waals surface area contributed by atoms with Gasteiger partial charge in [-0.1, -0.05) is 41.5 Å². The Bertz CT molecular complexity index is 249. The molecular weight excluding hydrogens is 388 g/mol. The van der Waals surface area contributed by atoms with E-state index < -0.39 is 11.2 Å². The number of aliphatic hydroxyl groups is 2. The molecule has 2 atom stereocenters. The monoisotopic (exact) mass is 440 g/mol. The van der Waals surface area contributed by atoms with Crippen LogP contribution in [0, 0.1) is 12.8 Å². The summed E-state index contributed by atoms with van der Waals surface area (Å²) in [7, 11) is 0. The fourth-order valence-electron chi connectivity index (χ4n) is 2.31. The predicted octanol–water partition coefficient (Wildman–Crippen LogP) is 4.89. The maximum absolute atomic E-state index is 9.77. The minimum atomic E-state index is -0.630. The summed E-state index contributed by atoms with van der Waals surface area (Å²) in [6.45, 7) is 19.9. The Morgan fingerprint density at radius 1 is 0.679 bits per heavy atom. The van der Waals surface area contributed by atoms with Crippen molar-refractivity contribution in [3.05, 3.63) is 12.8 Å². The molecule has 6 heteroatoms. The van der Waals surface area contributed by atoms with Crippen molar-refractivity contribution in [3.8, 4) is 0 Å². The molecule has 0 fully saturated rings. The number of rotatable bonds is 8. The van der Waals surface area contributed by atoms with E-state index in [9.17, 15) is 10.2 Å². The van der Waals surface area contributed by atoms with Gasteiger partial charge < -0.3 is 34.5 Å². The van der Waals surface area contributed by atoms with E-state index in [0.717, 1.165) is 58.9 Å². The van der Waals surface area contributed by atoms with Crippen molar-refractivity contribution in [1.82, 2.24) is 0 Å². The van der Waals surface area contributed by atoms with Crippen LogP contribution >= 0.6 is 0 Å². The minimum absolute atomic E-state index is 0.0671. The van der Waals surface area contributed by atoms with Crippen LogP contribution in [0.15, 0.2) is 0 Å². The van der Waals surface area contributed by atoms with Crippen LogP contribution in [0.25, 0.3) is 0 Å². The van der Waals surface area contributed by atoms with Crippen LogP contribution in [0.1, 0.15) is 108 Å². The number of hydrogen-bond donors (Lipinski definition) is 4. The van der Waals surface area contributed by atoms with E-state index in [2.05, 4.69) is 0 Å². The molecular formula is C22H52N2O3Ti. The molecule has 0 amide bonds. The Morgan fingerprint density at radius 2 is 0.821 bits per heavy atom. The summed E-state index contributed by atoms with van der Waals surface area (Å²) in [5.74, 6) is 0. The van der Waals surface area contributed by atoms with Crippen LogP contribution in [-0.2, 0) is 23.7 Å². The third kappa shape index (κ3) is 21.1. The second kappa shape index (κ2) is 27.4. The Hall–Kier alpha value is 0.354. The van der Waals surface area contributed by atoms with Gasteiger partial charge in [-0.25, -0.2) is 0 Å². The molecule has 0 aromatic heterocycles. The summed E-state index contributed by atoms with van der Waals surface area (Å²) in [6.07, 6.45) is 8.68. The normalized spacial score (nSPS) is 12.4. The first-order valence-electron chi connectivity index (χ1n) is 10.7. The van der Waals surface area contributed by atoms with Gasteiger partial charge in [0.05, 0.1) is 11.2 Å². The van der Waals surface area contributed by atoms with Gasteiger partial charge in [-0.05, 0) is 38.5 Å².